The average Bonchev–Trinajstić information content (AvgIpc) is 2.31. The molecule has 0 heterocycles. The summed E-state index contributed by atoms with van der Waals surface area (Å²) in [5.41, 5.74) is -0.139. The van der Waals surface area contributed by atoms with Gasteiger partial charge in [0.25, 0.3) is 0 Å². The molecule has 0 spiro atoms. The van der Waals surface area contributed by atoms with E-state index in [9.17, 15) is 13.2 Å². The van der Waals surface area contributed by atoms with Crippen LogP contribution in [0.15, 0.2) is 0 Å². The van der Waals surface area contributed by atoms with Crippen molar-refractivity contribution in [3.63, 3.8) is 0 Å². The highest BCUT2D eigenvalue weighted by molar-refractivity contribution is 7.88. The summed E-state index contributed by atoms with van der Waals surface area (Å²) < 4.78 is 24.4. The van der Waals surface area contributed by atoms with Crippen molar-refractivity contribution in [1.29, 1.82) is 0 Å². The zero-order valence-corrected chi connectivity index (χ0v) is 12.8. The quantitative estimate of drug-likeness (QED) is 0.740. The van der Waals surface area contributed by atoms with Crippen LogP contribution in [0.2, 0.25) is 0 Å². The SMILES string of the molecule is CS(=O)(=O)NCCNC(=O)C12CC3CC(CC(C3)C1)C2. The molecule has 4 fully saturated rings. The fourth-order valence-electron chi connectivity index (χ4n) is 4.99. The van der Waals surface area contributed by atoms with E-state index in [1.54, 1.807) is 0 Å². The fraction of sp³-hybridized carbons (Fsp3) is 0.929. The van der Waals surface area contributed by atoms with Gasteiger partial charge in [-0.1, -0.05) is 0 Å². The standard InChI is InChI=1S/C14H24N2O3S/c1-20(18,19)16-3-2-15-13(17)14-7-10-4-11(8-14)6-12(5-10)9-14/h10-12,16H,2-9H2,1H3,(H,15,17). The molecule has 2 N–H and O–H groups in total. The normalized spacial score (nSPS) is 39.0. The van der Waals surface area contributed by atoms with Crippen LogP contribution in [0.4, 0.5) is 0 Å². The molecule has 0 aliphatic heterocycles. The van der Waals surface area contributed by atoms with Crippen LogP contribution >= 0.6 is 0 Å². The zero-order chi connectivity index (χ0) is 14.4. The van der Waals surface area contributed by atoms with Gasteiger partial charge < -0.3 is 5.32 Å². The summed E-state index contributed by atoms with van der Waals surface area (Å²) in [6.45, 7) is 0.657. The van der Waals surface area contributed by atoms with Gasteiger partial charge in [0.1, 0.15) is 0 Å². The second kappa shape index (κ2) is 4.98. The molecule has 0 unspecified atom stereocenters. The van der Waals surface area contributed by atoms with E-state index < -0.39 is 10.0 Å². The number of amides is 1. The minimum Gasteiger partial charge on any atom is -0.354 e. The number of nitrogens with one attached hydrogen (secondary N) is 2. The Morgan fingerprint density at radius 2 is 1.55 bits per heavy atom. The molecule has 4 rings (SSSR count). The maximum atomic E-state index is 12.5. The average molecular weight is 300 g/mol. The first-order valence-corrected chi connectivity index (χ1v) is 9.48. The molecule has 0 aromatic heterocycles. The molecule has 114 valence electrons. The van der Waals surface area contributed by atoms with E-state index in [0.717, 1.165) is 43.3 Å². The lowest BCUT2D eigenvalue weighted by Gasteiger charge is -2.55. The van der Waals surface area contributed by atoms with E-state index in [1.807, 2.05) is 0 Å². The van der Waals surface area contributed by atoms with Crippen molar-refractivity contribution in [2.45, 2.75) is 38.5 Å². The van der Waals surface area contributed by atoms with E-state index in [1.165, 1.54) is 19.3 Å². The van der Waals surface area contributed by atoms with Gasteiger partial charge in [-0.3, -0.25) is 4.79 Å². The Kier molecular flexibility index (Phi) is 3.57. The zero-order valence-electron chi connectivity index (χ0n) is 12.0. The Labute approximate surface area is 120 Å². The van der Waals surface area contributed by atoms with E-state index in [0.29, 0.717) is 6.54 Å². The van der Waals surface area contributed by atoms with Crippen molar-refractivity contribution >= 4 is 15.9 Å². The maximum Gasteiger partial charge on any atom is 0.226 e. The summed E-state index contributed by atoms with van der Waals surface area (Å²) in [4.78, 5) is 12.5. The summed E-state index contributed by atoms with van der Waals surface area (Å²) >= 11 is 0. The van der Waals surface area contributed by atoms with Gasteiger partial charge in [-0.25, -0.2) is 13.1 Å². The first kappa shape index (κ1) is 14.3. The molecule has 0 radical (unpaired) electrons. The number of carbonyl (C=O) groups is 1. The summed E-state index contributed by atoms with van der Waals surface area (Å²) in [5, 5.41) is 2.95. The van der Waals surface area contributed by atoms with Crippen molar-refractivity contribution in [2.24, 2.45) is 23.2 Å². The van der Waals surface area contributed by atoms with Gasteiger partial charge in [0.2, 0.25) is 15.9 Å². The first-order chi connectivity index (χ1) is 9.36. The van der Waals surface area contributed by atoms with Gasteiger partial charge in [-0.2, -0.15) is 0 Å². The van der Waals surface area contributed by atoms with Crippen molar-refractivity contribution < 1.29 is 13.2 Å². The molecule has 0 aromatic rings. The first-order valence-electron chi connectivity index (χ1n) is 7.59. The lowest BCUT2D eigenvalue weighted by molar-refractivity contribution is -0.146. The Bertz CT molecular complexity index is 465. The topological polar surface area (TPSA) is 75.3 Å². The van der Waals surface area contributed by atoms with Gasteiger partial charge in [0.15, 0.2) is 0 Å². The highest BCUT2D eigenvalue weighted by atomic mass is 32.2. The molecule has 20 heavy (non-hydrogen) atoms. The fourth-order valence-corrected chi connectivity index (χ4v) is 5.46. The lowest BCUT2D eigenvalue weighted by atomic mass is 9.49. The number of sulfonamides is 1. The Morgan fingerprint density at radius 3 is 2.00 bits per heavy atom. The van der Waals surface area contributed by atoms with Gasteiger partial charge in [0.05, 0.1) is 6.26 Å². The van der Waals surface area contributed by atoms with Crippen LogP contribution in [0, 0.1) is 23.2 Å². The molecule has 6 heteroatoms. The van der Waals surface area contributed by atoms with Gasteiger partial charge in [-0.15, -0.1) is 0 Å². The minimum absolute atomic E-state index is 0.139. The van der Waals surface area contributed by atoms with Crippen molar-refractivity contribution in [3.8, 4) is 0 Å². The number of hydrogen-bond donors (Lipinski definition) is 2. The molecule has 4 bridgehead atoms. The molecule has 4 aliphatic carbocycles. The molecular formula is C14H24N2O3S. The van der Waals surface area contributed by atoms with Crippen LogP contribution < -0.4 is 10.0 Å². The third-order valence-corrected chi connectivity index (χ3v) is 6.02. The summed E-state index contributed by atoms with van der Waals surface area (Å²) in [5.74, 6) is 2.41. The maximum absolute atomic E-state index is 12.5. The predicted octanol–water partition coefficient (Wildman–Crippen LogP) is 0.868. The summed E-state index contributed by atoms with van der Waals surface area (Å²) in [7, 11) is -3.17. The lowest BCUT2D eigenvalue weighted by Crippen LogP contribution is -2.54. The van der Waals surface area contributed by atoms with Crippen LogP contribution in [0.25, 0.3) is 0 Å². The van der Waals surface area contributed by atoms with Gasteiger partial charge >= 0.3 is 0 Å². The van der Waals surface area contributed by atoms with E-state index in [2.05, 4.69) is 10.0 Å². The van der Waals surface area contributed by atoms with Crippen LogP contribution in [0.3, 0.4) is 0 Å². The van der Waals surface area contributed by atoms with Crippen molar-refractivity contribution in [1.82, 2.24) is 10.0 Å². The molecule has 5 nitrogen and oxygen atoms in total. The van der Waals surface area contributed by atoms with Crippen LogP contribution in [-0.4, -0.2) is 33.7 Å². The smallest absolute Gasteiger partial charge is 0.226 e. The van der Waals surface area contributed by atoms with Crippen molar-refractivity contribution in [3.05, 3.63) is 0 Å². The highest BCUT2D eigenvalue weighted by Crippen LogP contribution is 2.60. The Balaban J connectivity index is 1.55. The molecule has 1 amide bonds. The largest absolute Gasteiger partial charge is 0.354 e. The predicted molar refractivity (Wildman–Crippen MR) is 76.5 cm³/mol. The number of rotatable bonds is 5. The second-order valence-electron chi connectivity index (χ2n) is 7.12. The van der Waals surface area contributed by atoms with Crippen LogP contribution in [0.1, 0.15) is 38.5 Å². The molecule has 0 atom stereocenters. The number of carbonyl (C=O) groups excluding carboxylic acids is 1. The van der Waals surface area contributed by atoms with Crippen molar-refractivity contribution in [2.75, 3.05) is 19.3 Å². The van der Waals surface area contributed by atoms with E-state index in [4.69, 9.17) is 0 Å². The third-order valence-electron chi connectivity index (χ3n) is 5.29. The molecule has 0 aromatic carbocycles. The Morgan fingerprint density at radius 1 is 1.05 bits per heavy atom. The third kappa shape index (κ3) is 2.86. The molecule has 4 saturated carbocycles. The monoisotopic (exact) mass is 300 g/mol. The second-order valence-corrected chi connectivity index (χ2v) is 8.95. The van der Waals surface area contributed by atoms with Crippen LogP contribution in [0.5, 0.6) is 0 Å². The minimum atomic E-state index is -3.17. The van der Waals surface area contributed by atoms with E-state index in [-0.39, 0.29) is 17.9 Å². The molecular weight excluding hydrogens is 276 g/mol. The molecule has 4 aliphatic rings. The molecule has 0 saturated heterocycles. The van der Waals surface area contributed by atoms with Gasteiger partial charge in [0, 0.05) is 18.5 Å². The summed E-state index contributed by atoms with van der Waals surface area (Å²) in [6, 6.07) is 0. The Hall–Kier alpha value is -0.620. The summed E-state index contributed by atoms with van der Waals surface area (Å²) in [6.07, 6.45) is 8.24. The van der Waals surface area contributed by atoms with E-state index >= 15 is 0 Å². The number of hydrogen-bond acceptors (Lipinski definition) is 3. The van der Waals surface area contributed by atoms with Crippen LogP contribution in [-0.2, 0) is 14.8 Å². The van der Waals surface area contributed by atoms with Gasteiger partial charge in [-0.05, 0) is 56.3 Å². The highest BCUT2D eigenvalue weighted by Gasteiger charge is 2.54.